The predicted molar refractivity (Wildman–Crippen MR) is 71.0 cm³/mol. The minimum Gasteiger partial charge on any atom is -0.383 e. The topological polar surface area (TPSA) is 64.3 Å². The highest BCUT2D eigenvalue weighted by Crippen LogP contribution is 2.25. The van der Waals surface area contributed by atoms with E-state index in [0.717, 1.165) is 10.0 Å². The molecule has 1 aromatic carbocycles. The molecule has 1 amide bonds. The molecule has 0 aliphatic carbocycles. The van der Waals surface area contributed by atoms with Gasteiger partial charge in [0.2, 0.25) is 5.91 Å². The largest absolute Gasteiger partial charge is 0.383 e. The second-order valence-electron chi connectivity index (χ2n) is 3.46. The summed E-state index contributed by atoms with van der Waals surface area (Å²) >= 11 is 9.26. The molecule has 4 nitrogen and oxygen atoms in total. The first-order valence-electron chi connectivity index (χ1n) is 5.03. The molecule has 0 heterocycles. The van der Waals surface area contributed by atoms with Crippen LogP contribution in [0, 0.1) is 0 Å². The Bertz CT molecular complexity index is 401. The van der Waals surface area contributed by atoms with Crippen molar-refractivity contribution in [1.29, 1.82) is 0 Å². The number of methoxy groups -OCH3 is 1. The molecule has 0 saturated carbocycles. The molecule has 3 N–H and O–H groups in total. The van der Waals surface area contributed by atoms with Crippen molar-refractivity contribution in [1.82, 2.24) is 5.32 Å². The van der Waals surface area contributed by atoms with E-state index in [1.165, 1.54) is 0 Å². The first-order chi connectivity index (χ1) is 8.06. The molecule has 0 spiro atoms. The van der Waals surface area contributed by atoms with Crippen molar-refractivity contribution in [3.63, 3.8) is 0 Å². The third-order valence-electron chi connectivity index (χ3n) is 2.22. The van der Waals surface area contributed by atoms with E-state index in [9.17, 15) is 4.79 Å². The van der Waals surface area contributed by atoms with Crippen molar-refractivity contribution < 1.29 is 9.53 Å². The van der Waals surface area contributed by atoms with Crippen LogP contribution in [-0.4, -0.2) is 26.2 Å². The second kappa shape index (κ2) is 6.96. The summed E-state index contributed by atoms with van der Waals surface area (Å²) in [5.74, 6) is -0.445. The minimum absolute atomic E-state index is 0.445. The van der Waals surface area contributed by atoms with E-state index in [1.54, 1.807) is 25.3 Å². The second-order valence-corrected chi connectivity index (χ2v) is 4.72. The molecular formula is C11H14BrClN2O2. The zero-order valence-electron chi connectivity index (χ0n) is 9.37. The van der Waals surface area contributed by atoms with Crippen molar-refractivity contribution in [3.05, 3.63) is 33.3 Å². The molecule has 0 aliphatic rings. The lowest BCUT2D eigenvalue weighted by atomic mass is 10.1. The van der Waals surface area contributed by atoms with Crippen molar-refractivity contribution >= 4 is 33.4 Å². The molecule has 0 bridgehead atoms. The van der Waals surface area contributed by atoms with Gasteiger partial charge in [0.05, 0.1) is 11.6 Å². The van der Waals surface area contributed by atoms with Gasteiger partial charge in [-0.3, -0.25) is 10.1 Å². The fourth-order valence-corrected chi connectivity index (χ4v) is 1.82. The van der Waals surface area contributed by atoms with Crippen LogP contribution in [0.25, 0.3) is 0 Å². The Morgan fingerprint density at radius 2 is 2.35 bits per heavy atom. The van der Waals surface area contributed by atoms with Crippen LogP contribution in [0.4, 0.5) is 0 Å². The Hall–Kier alpha value is -0.620. The number of amides is 1. The molecule has 0 saturated heterocycles. The van der Waals surface area contributed by atoms with E-state index in [1.807, 2.05) is 0 Å². The smallest absolute Gasteiger partial charge is 0.239 e. The number of rotatable bonds is 6. The van der Waals surface area contributed by atoms with Gasteiger partial charge in [-0.05, 0) is 33.6 Å². The summed E-state index contributed by atoms with van der Waals surface area (Å²) in [5.41, 5.74) is 6.08. The van der Waals surface area contributed by atoms with Gasteiger partial charge >= 0.3 is 0 Å². The maximum absolute atomic E-state index is 11.4. The summed E-state index contributed by atoms with van der Waals surface area (Å²) in [6.07, 6.45) is 0. The monoisotopic (exact) mass is 320 g/mol. The molecular weight excluding hydrogens is 307 g/mol. The SMILES string of the molecule is COCCNC(C(N)=O)c1ccc(Br)c(Cl)c1. The van der Waals surface area contributed by atoms with E-state index in [0.29, 0.717) is 18.2 Å². The van der Waals surface area contributed by atoms with Crippen molar-refractivity contribution in [2.45, 2.75) is 6.04 Å². The molecule has 17 heavy (non-hydrogen) atoms. The Morgan fingerprint density at radius 3 is 2.88 bits per heavy atom. The van der Waals surface area contributed by atoms with Gasteiger partial charge in [0.1, 0.15) is 6.04 Å². The lowest BCUT2D eigenvalue weighted by Crippen LogP contribution is -2.35. The van der Waals surface area contributed by atoms with Gasteiger partial charge in [-0.1, -0.05) is 17.7 Å². The summed E-state index contributed by atoms with van der Waals surface area (Å²) in [6.45, 7) is 1.05. The van der Waals surface area contributed by atoms with Crippen LogP contribution in [0.2, 0.25) is 5.02 Å². The minimum atomic E-state index is -0.559. The van der Waals surface area contributed by atoms with Gasteiger partial charge in [-0.2, -0.15) is 0 Å². The normalized spacial score (nSPS) is 12.4. The summed E-state index contributed by atoms with van der Waals surface area (Å²) in [6, 6.07) is 4.73. The van der Waals surface area contributed by atoms with Gasteiger partial charge in [-0.15, -0.1) is 0 Å². The maximum Gasteiger partial charge on any atom is 0.239 e. The first kappa shape index (κ1) is 14.4. The van der Waals surface area contributed by atoms with Crippen LogP contribution in [0.15, 0.2) is 22.7 Å². The predicted octanol–water partition coefficient (Wildman–Crippen LogP) is 1.86. The van der Waals surface area contributed by atoms with Crippen LogP contribution in [-0.2, 0) is 9.53 Å². The Balaban J connectivity index is 2.82. The van der Waals surface area contributed by atoms with Gasteiger partial charge in [0.15, 0.2) is 0 Å². The van der Waals surface area contributed by atoms with E-state index in [-0.39, 0.29) is 0 Å². The van der Waals surface area contributed by atoms with Crippen LogP contribution < -0.4 is 11.1 Å². The fourth-order valence-electron chi connectivity index (χ4n) is 1.38. The fraction of sp³-hybridized carbons (Fsp3) is 0.364. The van der Waals surface area contributed by atoms with Crippen molar-refractivity contribution in [2.24, 2.45) is 5.73 Å². The number of benzene rings is 1. The molecule has 0 aromatic heterocycles. The molecule has 1 aromatic rings. The Kier molecular flexibility index (Phi) is 5.91. The molecule has 0 fully saturated rings. The first-order valence-corrected chi connectivity index (χ1v) is 6.20. The number of hydrogen-bond acceptors (Lipinski definition) is 3. The van der Waals surface area contributed by atoms with Gasteiger partial charge in [0, 0.05) is 18.1 Å². The van der Waals surface area contributed by atoms with E-state index in [2.05, 4.69) is 21.2 Å². The molecule has 1 unspecified atom stereocenters. The third kappa shape index (κ3) is 4.27. The lowest BCUT2D eigenvalue weighted by Gasteiger charge is -2.16. The van der Waals surface area contributed by atoms with Gasteiger partial charge in [-0.25, -0.2) is 0 Å². The quantitative estimate of drug-likeness (QED) is 0.786. The number of hydrogen-bond donors (Lipinski definition) is 2. The number of halogens is 2. The lowest BCUT2D eigenvalue weighted by molar-refractivity contribution is -0.120. The van der Waals surface area contributed by atoms with E-state index in [4.69, 9.17) is 22.1 Å². The van der Waals surface area contributed by atoms with E-state index >= 15 is 0 Å². The van der Waals surface area contributed by atoms with Crippen LogP contribution in [0.5, 0.6) is 0 Å². The standard InChI is InChI=1S/C11H14BrClN2O2/c1-17-5-4-15-10(11(14)16)7-2-3-8(12)9(13)6-7/h2-3,6,10,15H,4-5H2,1H3,(H2,14,16). The summed E-state index contributed by atoms with van der Waals surface area (Å²) in [7, 11) is 1.59. The number of nitrogens with two attached hydrogens (primary N) is 1. The Morgan fingerprint density at radius 1 is 1.65 bits per heavy atom. The average molecular weight is 322 g/mol. The summed E-state index contributed by atoms with van der Waals surface area (Å²) < 4.78 is 5.68. The molecule has 1 atom stereocenters. The number of primary amides is 1. The number of nitrogens with one attached hydrogen (secondary N) is 1. The number of carbonyl (C=O) groups excluding carboxylic acids is 1. The molecule has 6 heteroatoms. The van der Waals surface area contributed by atoms with Crippen LogP contribution >= 0.6 is 27.5 Å². The van der Waals surface area contributed by atoms with Crippen molar-refractivity contribution in [3.8, 4) is 0 Å². The highest BCUT2D eigenvalue weighted by Gasteiger charge is 2.17. The molecule has 0 aliphatic heterocycles. The van der Waals surface area contributed by atoms with Crippen molar-refractivity contribution in [2.75, 3.05) is 20.3 Å². The highest BCUT2D eigenvalue weighted by atomic mass is 79.9. The third-order valence-corrected chi connectivity index (χ3v) is 3.45. The molecule has 0 radical (unpaired) electrons. The molecule has 1 rings (SSSR count). The van der Waals surface area contributed by atoms with E-state index < -0.39 is 11.9 Å². The summed E-state index contributed by atoms with van der Waals surface area (Å²) in [5, 5.41) is 3.55. The summed E-state index contributed by atoms with van der Waals surface area (Å²) in [4.78, 5) is 11.4. The van der Waals surface area contributed by atoms with Gasteiger partial charge < -0.3 is 10.5 Å². The molecule has 94 valence electrons. The number of ether oxygens (including phenoxy) is 1. The zero-order chi connectivity index (χ0) is 12.8. The average Bonchev–Trinajstić information content (AvgIpc) is 2.28. The number of carbonyl (C=O) groups is 1. The highest BCUT2D eigenvalue weighted by molar-refractivity contribution is 9.10. The van der Waals surface area contributed by atoms with Gasteiger partial charge in [0.25, 0.3) is 0 Å². The maximum atomic E-state index is 11.4. The Labute approximate surface area is 114 Å². The zero-order valence-corrected chi connectivity index (χ0v) is 11.7. The van der Waals surface area contributed by atoms with Crippen LogP contribution in [0.1, 0.15) is 11.6 Å². The van der Waals surface area contributed by atoms with Crippen LogP contribution in [0.3, 0.4) is 0 Å².